The fourth-order valence-electron chi connectivity index (χ4n) is 1.99. The number of carbonyl (C=O) groups is 1. The first kappa shape index (κ1) is 13.4. The second-order valence-corrected chi connectivity index (χ2v) is 4.76. The molecule has 2 aromatic carbocycles. The summed E-state index contributed by atoms with van der Waals surface area (Å²) in [5, 5.41) is 19.4. The zero-order valence-electron chi connectivity index (χ0n) is 10.1. The summed E-state index contributed by atoms with van der Waals surface area (Å²) >= 11 is 5.89. The van der Waals surface area contributed by atoms with Crippen LogP contribution in [-0.2, 0) is 11.2 Å². The van der Waals surface area contributed by atoms with E-state index in [0.717, 1.165) is 5.56 Å². The predicted molar refractivity (Wildman–Crippen MR) is 73.6 cm³/mol. The minimum atomic E-state index is -0.925. The second kappa shape index (κ2) is 5.76. The van der Waals surface area contributed by atoms with Crippen LogP contribution in [0.25, 0.3) is 0 Å². The zero-order valence-corrected chi connectivity index (χ0v) is 10.8. The molecular formula is C15H13ClO3. The Kier molecular flexibility index (Phi) is 4.07. The van der Waals surface area contributed by atoms with Crippen LogP contribution < -0.4 is 0 Å². The van der Waals surface area contributed by atoms with Gasteiger partial charge in [0.2, 0.25) is 0 Å². The summed E-state index contributed by atoms with van der Waals surface area (Å²) in [5.74, 6) is -1.56. The molecule has 0 saturated carbocycles. The van der Waals surface area contributed by atoms with Crippen molar-refractivity contribution in [2.75, 3.05) is 0 Å². The van der Waals surface area contributed by atoms with E-state index in [0.29, 0.717) is 17.0 Å². The molecule has 1 atom stereocenters. The molecule has 0 bridgehead atoms. The third-order valence-corrected chi connectivity index (χ3v) is 3.13. The van der Waals surface area contributed by atoms with Crippen LogP contribution in [0.4, 0.5) is 0 Å². The lowest BCUT2D eigenvalue weighted by atomic mass is 9.92. The minimum Gasteiger partial charge on any atom is -0.508 e. The van der Waals surface area contributed by atoms with Crippen molar-refractivity contribution in [3.63, 3.8) is 0 Å². The van der Waals surface area contributed by atoms with Crippen molar-refractivity contribution in [3.05, 3.63) is 64.7 Å². The van der Waals surface area contributed by atoms with Crippen LogP contribution in [0.1, 0.15) is 17.0 Å². The number of phenolic OH excluding ortho intramolecular Hbond substituents is 1. The molecule has 0 amide bonds. The van der Waals surface area contributed by atoms with Gasteiger partial charge in [0.05, 0.1) is 5.92 Å². The third-order valence-electron chi connectivity index (χ3n) is 2.90. The Hall–Kier alpha value is -2.00. The first-order valence-corrected chi connectivity index (χ1v) is 6.20. The van der Waals surface area contributed by atoms with Crippen LogP contribution in [0.3, 0.4) is 0 Å². The Morgan fingerprint density at radius 2 is 1.89 bits per heavy atom. The van der Waals surface area contributed by atoms with Gasteiger partial charge in [0.1, 0.15) is 5.75 Å². The standard InChI is InChI=1S/C15H13ClO3/c16-12-5-1-3-10(7-12)8-14(15(18)19)11-4-2-6-13(17)9-11/h1-7,9,14,17H,8H2,(H,18,19). The summed E-state index contributed by atoms with van der Waals surface area (Å²) in [6, 6.07) is 13.5. The summed E-state index contributed by atoms with van der Waals surface area (Å²) in [6.07, 6.45) is 0.333. The first-order chi connectivity index (χ1) is 9.06. The van der Waals surface area contributed by atoms with Crippen LogP contribution in [0.2, 0.25) is 5.02 Å². The van der Waals surface area contributed by atoms with Crippen molar-refractivity contribution in [1.29, 1.82) is 0 Å². The van der Waals surface area contributed by atoms with Crippen molar-refractivity contribution >= 4 is 17.6 Å². The largest absolute Gasteiger partial charge is 0.508 e. The molecule has 0 aliphatic heterocycles. The van der Waals surface area contributed by atoms with E-state index >= 15 is 0 Å². The summed E-state index contributed by atoms with van der Waals surface area (Å²) in [7, 11) is 0. The van der Waals surface area contributed by atoms with E-state index in [9.17, 15) is 15.0 Å². The lowest BCUT2D eigenvalue weighted by Gasteiger charge is -2.13. The molecule has 2 N–H and O–H groups in total. The van der Waals surface area contributed by atoms with Gasteiger partial charge >= 0.3 is 5.97 Å². The van der Waals surface area contributed by atoms with Crippen molar-refractivity contribution in [3.8, 4) is 5.75 Å². The second-order valence-electron chi connectivity index (χ2n) is 4.32. The highest BCUT2D eigenvalue weighted by Crippen LogP contribution is 2.25. The van der Waals surface area contributed by atoms with Crippen molar-refractivity contribution in [2.45, 2.75) is 12.3 Å². The molecule has 0 aliphatic rings. The van der Waals surface area contributed by atoms with Crippen LogP contribution in [0, 0.1) is 0 Å². The Labute approximate surface area is 116 Å². The van der Waals surface area contributed by atoms with Gasteiger partial charge in [-0.15, -0.1) is 0 Å². The molecule has 4 heteroatoms. The quantitative estimate of drug-likeness (QED) is 0.899. The maximum absolute atomic E-state index is 11.4. The normalized spacial score (nSPS) is 12.1. The number of benzene rings is 2. The van der Waals surface area contributed by atoms with Crippen LogP contribution in [0.5, 0.6) is 5.75 Å². The van der Waals surface area contributed by atoms with Gasteiger partial charge in [0.15, 0.2) is 0 Å². The van der Waals surface area contributed by atoms with Gasteiger partial charge in [-0.05, 0) is 41.8 Å². The number of aromatic hydroxyl groups is 1. The van der Waals surface area contributed by atoms with E-state index in [-0.39, 0.29) is 5.75 Å². The Balaban J connectivity index is 2.29. The maximum atomic E-state index is 11.4. The lowest BCUT2D eigenvalue weighted by molar-refractivity contribution is -0.138. The minimum absolute atomic E-state index is 0.0647. The molecule has 19 heavy (non-hydrogen) atoms. The highest BCUT2D eigenvalue weighted by atomic mass is 35.5. The summed E-state index contributed by atoms with van der Waals surface area (Å²) < 4.78 is 0. The number of rotatable bonds is 4. The van der Waals surface area contributed by atoms with Gasteiger partial charge in [-0.1, -0.05) is 35.9 Å². The van der Waals surface area contributed by atoms with Crippen molar-refractivity contribution in [1.82, 2.24) is 0 Å². The number of halogens is 1. The molecule has 0 heterocycles. The van der Waals surface area contributed by atoms with Gasteiger partial charge in [-0.3, -0.25) is 4.79 Å². The molecule has 98 valence electrons. The Bertz CT molecular complexity index is 595. The molecule has 0 radical (unpaired) electrons. The molecule has 0 saturated heterocycles. The fraction of sp³-hybridized carbons (Fsp3) is 0.133. The van der Waals surface area contributed by atoms with Gasteiger partial charge in [-0.25, -0.2) is 0 Å². The van der Waals surface area contributed by atoms with Gasteiger partial charge in [0.25, 0.3) is 0 Å². The molecule has 0 aromatic heterocycles. The van der Waals surface area contributed by atoms with E-state index in [1.54, 1.807) is 30.3 Å². The first-order valence-electron chi connectivity index (χ1n) is 5.82. The Morgan fingerprint density at radius 1 is 1.16 bits per heavy atom. The number of aliphatic carboxylic acids is 1. The van der Waals surface area contributed by atoms with Gasteiger partial charge < -0.3 is 10.2 Å². The fourth-order valence-corrected chi connectivity index (χ4v) is 2.20. The molecule has 2 rings (SSSR count). The topological polar surface area (TPSA) is 57.5 Å². The predicted octanol–water partition coefficient (Wildman–Crippen LogP) is 3.46. The number of hydrogen-bond donors (Lipinski definition) is 2. The van der Waals surface area contributed by atoms with E-state index in [1.165, 1.54) is 12.1 Å². The van der Waals surface area contributed by atoms with E-state index in [2.05, 4.69) is 0 Å². The molecule has 0 aliphatic carbocycles. The van der Waals surface area contributed by atoms with Crippen molar-refractivity contribution < 1.29 is 15.0 Å². The highest BCUT2D eigenvalue weighted by molar-refractivity contribution is 6.30. The van der Waals surface area contributed by atoms with Crippen molar-refractivity contribution in [2.24, 2.45) is 0 Å². The zero-order chi connectivity index (χ0) is 13.8. The van der Waals surface area contributed by atoms with Gasteiger partial charge in [-0.2, -0.15) is 0 Å². The maximum Gasteiger partial charge on any atom is 0.311 e. The average Bonchev–Trinajstić information content (AvgIpc) is 2.35. The third kappa shape index (κ3) is 3.48. The van der Waals surface area contributed by atoms with Gasteiger partial charge in [0, 0.05) is 5.02 Å². The number of phenols is 1. The van der Waals surface area contributed by atoms with Crippen LogP contribution in [-0.4, -0.2) is 16.2 Å². The lowest BCUT2D eigenvalue weighted by Crippen LogP contribution is -2.14. The number of carboxylic acid groups (broad SMARTS) is 1. The number of carboxylic acids is 1. The molecule has 3 nitrogen and oxygen atoms in total. The smallest absolute Gasteiger partial charge is 0.311 e. The molecule has 0 fully saturated rings. The molecule has 1 unspecified atom stereocenters. The monoisotopic (exact) mass is 276 g/mol. The molecule has 0 spiro atoms. The van der Waals surface area contributed by atoms with E-state index in [1.807, 2.05) is 6.07 Å². The molecular weight excluding hydrogens is 264 g/mol. The average molecular weight is 277 g/mol. The van der Waals surface area contributed by atoms with Crippen LogP contribution in [0.15, 0.2) is 48.5 Å². The summed E-state index contributed by atoms with van der Waals surface area (Å²) in [6.45, 7) is 0. The summed E-state index contributed by atoms with van der Waals surface area (Å²) in [4.78, 5) is 11.4. The SMILES string of the molecule is O=C(O)C(Cc1cccc(Cl)c1)c1cccc(O)c1. The highest BCUT2D eigenvalue weighted by Gasteiger charge is 2.20. The van der Waals surface area contributed by atoms with Crippen LogP contribution >= 0.6 is 11.6 Å². The number of hydrogen-bond acceptors (Lipinski definition) is 2. The summed E-state index contributed by atoms with van der Waals surface area (Å²) in [5.41, 5.74) is 1.43. The molecule has 2 aromatic rings. The van der Waals surface area contributed by atoms with E-state index in [4.69, 9.17) is 11.6 Å². The Morgan fingerprint density at radius 3 is 2.53 bits per heavy atom. The van der Waals surface area contributed by atoms with E-state index < -0.39 is 11.9 Å².